The fourth-order valence-corrected chi connectivity index (χ4v) is 8.16. The number of aromatic nitrogens is 2. The highest BCUT2D eigenvalue weighted by Gasteiger charge is 2.63. The summed E-state index contributed by atoms with van der Waals surface area (Å²) in [7, 11) is -2.56. The topological polar surface area (TPSA) is 195 Å². The molecule has 3 fully saturated rings. The molecule has 15 nitrogen and oxygen atoms in total. The van der Waals surface area contributed by atoms with Crippen molar-refractivity contribution in [3.05, 3.63) is 36.0 Å². The predicted molar refractivity (Wildman–Crippen MR) is 190 cm³/mol. The molecule has 300 valence electrons. The van der Waals surface area contributed by atoms with Crippen LogP contribution in [-0.2, 0) is 29.1 Å². The molecule has 1 aromatic heterocycles. The van der Waals surface area contributed by atoms with Crippen molar-refractivity contribution < 1.29 is 55.0 Å². The Kier molecular flexibility index (Phi) is 11.0. The second-order valence-electron chi connectivity index (χ2n) is 15.0. The molecular formula is C36H45F3N6O9S. The quantitative estimate of drug-likeness (QED) is 0.330. The Morgan fingerprint density at radius 1 is 1.11 bits per heavy atom. The zero-order valence-corrected chi connectivity index (χ0v) is 31.7. The van der Waals surface area contributed by atoms with Crippen LogP contribution < -0.4 is 24.8 Å². The summed E-state index contributed by atoms with van der Waals surface area (Å²) in [5, 5.41) is 5.04. The summed E-state index contributed by atoms with van der Waals surface area (Å²) >= 11 is 0. The number of aryl methyl sites for hydroxylation is 1. The molecule has 6 rings (SSSR count). The number of carbonyl (C=O) groups is 4. The maximum atomic E-state index is 14.3. The third-order valence-electron chi connectivity index (χ3n) is 10.8. The third kappa shape index (κ3) is 8.60. The average Bonchev–Trinajstić information content (AvgIpc) is 4.00. The molecular weight excluding hydrogens is 749 g/mol. The van der Waals surface area contributed by atoms with E-state index in [0.717, 1.165) is 4.90 Å². The first-order valence-electron chi connectivity index (χ1n) is 18.2. The molecule has 3 N–H and O–H groups in total. The highest BCUT2D eigenvalue weighted by molar-refractivity contribution is 7.91. The molecule has 1 aromatic carbocycles. The fraction of sp³-hybridized carbons (Fsp3) is 0.611. The molecule has 4 aliphatic rings. The Morgan fingerprint density at radius 2 is 1.85 bits per heavy atom. The number of nitrogens with zero attached hydrogens (tertiary/aromatic N) is 3. The maximum absolute atomic E-state index is 14.3. The van der Waals surface area contributed by atoms with Crippen LogP contribution >= 0.6 is 0 Å². The van der Waals surface area contributed by atoms with Gasteiger partial charge in [0.1, 0.15) is 35.2 Å². The van der Waals surface area contributed by atoms with Gasteiger partial charge in [0.05, 0.1) is 29.4 Å². The fourth-order valence-electron chi connectivity index (χ4n) is 6.85. The third-order valence-corrected chi connectivity index (χ3v) is 13.0. The van der Waals surface area contributed by atoms with E-state index < -0.39 is 80.5 Å². The number of benzene rings is 1. The number of carbonyl (C=O) groups excluding carboxylic acids is 4. The van der Waals surface area contributed by atoms with Crippen molar-refractivity contribution in [3.63, 3.8) is 0 Å². The first-order valence-corrected chi connectivity index (χ1v) is 19.7. The number of rotatable bonds is 8. The number of amides is 4. The molecule has 2 aromatic rings. The van der Waals surface area contributed by atoms with E-state index in [0.29, 0.717) is 67.9 Å². The van der Waals surface area contributed by atoms with Crippen molar-refractivity contribution in [2.24, 2.45) is 5.92 Å². The normalized spacial score (nSPS) is 27.9. The van der Waals surface area contributed by atoms with Crippen LogP contribution in [0, 0.1) is 12.8 Å². The summed E-state index contributed by atoms with van der Waals surface area (Å²) in [4.78, 5) is 65.4. The van der Waals surface area contributed by atoms with Crippen molar-refractivity contribution in [2.75, 3.05) is 13.7 Å². The Hall–Kier alpha value is -4.68. The molecule has 19 heteroatoms. The second kappa shape index (κ2) is 15.1. The average molecular weight is 795 g/mol. The van der Waals surface area contributed by atoms with Gasteiger partial charge >= 0.3 is 12.3 Å². The van der Waals surface area contributed by atoms with Crippen molar-refractivity contribution in [1.29, 1.82) is 0 Å². The summed E-state index contributed by atoms with van der Waals surface area (Å²) in [6.07, 6.45) is -3.07. The SMILES string of the molecule is COc1ccc2nc(C)c(O[C@@H]3C[C@H]4C(=O)N[C@]5(C(=O)NS(=O)(=O)C6(C)CC6)CC5/C=C\CCCCC[C@H](NC(=O)O[C@@H](C)C(F)(F)F)C(=O)N4C3)nc2c1. The van der Waals surface area contributed by atoms with Crippen LogP contribution in [0.15, 0.2) is 30.4 Å². The van der Waals surface area contributed by atoms with E-state index in [9.17, 15) is 40.8 Å². The van der Waals surface area contributed by atoms with Gasteiger partial charge in [0.25, 0.3) is 5.91 Å². The Bertz CT molecular complexity index is 1990. The van der Waals surface area contributed by atoms with E-state index in [1.54, 1.807) is 31.2 Å². The zero-order valence-electron chi connectivity index (χ0n) is 30.9. The Balaban J connectivity index is 1.31. The minimum atomic E-state index is -4.84. The summed E-state index contributed by atoms with van der Waals surface area (Å²) in [5.41, 5.74) is -0.204. The van der Waals surface area contributed by atoms with Gasteiger partial charge in [-0.25, -0.2) is 23.2 Å². The minimum Gasteiger partial charge on any atom is -0.497 e. The van der Waals surface area contributed by atoms with Crippen LogP contribution in [-0.4, -0.2) is 102 Å². The molecule has 2 aliphatic carbocycles. The number of sulfonamides is 1. The highest BCUT2D eigenvalue weighted by Crippen LogP contribution is 2.47. The number of methoxy groups -OCH3 is 1. The van der Waals surface area contributed by atoms with E-state index >= 15 is 0 Å². The van der Waals surface area contributed by atoms with E-state index in [1.807, 2.05) is 6.08 Å². The van der Waals surface area contributed by atoms with Crippen LogP contribution in [0.1, 0.15) is 77.3 Å². The van der Waals surface area contributed by atoms with Gasteiger partial charge in [0, 0.05) is 18.4 Å². The van der Waals surface area contributed by atoms with Crippen LogP contribution in [0.3, 0.4) is 0 Å². The molecule has 1 unspecified atom stereocenters. The number of ether oxygens (including phenoxy) is 3. The number of fused-ring (bicyclic) bond motifs is 3. The molecule has 2 saturated carbocycles. The van der Waals surface area contributed by atoms with Crippen molar-refractivity contribution in [1.82, 2.24) is 30.2 Å². The van der Waals surface area contributed by atoms with Gasteiger partial charge in [-0.15, -0.1) is 0 Å². The lowest BCUT2D eigenvalue weighted by Crippen LogP contribution is -2.58. The highest BCUT2D eigenvalue weighted by atomic mass is 32.2. The lowest BCUT2D eigenvalue weighted by atomic mass is 10.0. The zero-order chi connectivity index (χ0) is 39.9. The second-order valence-corrected chi connectivity index (χ2v) is 17.2. The van der Waals surface area contributed by atoms with Gasteiger partial charge in [0.2, 0.25) is 27.7 Å². The lowest BCUT2D eigenvalue weighted by Gasteiger charge is -2.30. The van der Waals surface area contributed by atoms with Gasteiger partial charge in [-0.2, -0.15) is 13.2 Å². The molecule has 0 spiro atoms. The minimum absolute atomic E-state index is 0.0249. The number of nitrogens with one attached hydrogen (secondary N) is 3. The first-order chi connectivity index (χ1) is 25.9. The summed E-state index contributed by atoms with van der Waals surface area (Å²) in [5.74, 6) is -2.35. The van der Waals surface area contributed by atoms with Gasteiger partial charge in [-0.05, 0) is 71.4 Å². The molecule has 2 aliphatic heterocycles. The molecule has 6 atom stereocenters. The molecule has 4 amide bonds. The van der Waals surface area contributed by atoms with Gasteiger partial charge < -0.3 is 29.7 Å². The number of alkyl halides is 3. The van der Waals surface area contributed by atoms with Gasteiger partial charge in [0.15, 0.2) is 6.10 Å². The predicted octanol–water partition coefficient (Wildman–Crippen LogP) is 3.73. The molecule has 3 heterocycles. The van der Waals surface area contributed by atoms with Crippen LogP contribution in [0.4, 0.5) is 18.0 Å². The molecule has 0 radical (unpaired) electrons. The summed E-state index contributed by atoms with van der Waals surface area (Å²) in [6, 6.07) is 2.42. The van der Waals surface area contributed by atoms with Gasteiger partial charge in [-0.1, -0.05) is 25.0 Å². The monoisotopic (exact) mass is 794 g/mol. The Labute approximate surface area is 316 Å². The molecule has 1 saturated heterocycles. The van der Waals surface area contributed by atoms with Crippen molar-refractivity contribution >= 4 is 44.9 Å². The molecule has 0 bridgehead atoms. The number of hydrogen-bond acceptors (Lipinski definition) is 11. The Morgan fingerprint density at radius 3 is 2.55 bits per heavy atom. The molecule has 55 heavy (non-hydrogen) atoms. The van der Waals surface area contributed by atoms with Crippen molar-refractivity contribution in [3.8, 4) is 11.6 Å². The number of allylic oxidation sites excluding steroid dienone is 1. The maximum Gasteiger partial charge on any atom is 0.425 e. The summed E-state index contributed by atoms with van der Waals surface area (Å²) in [6.45, 7) is 3.65. The largest absolute Gasteiger partial charge is 0.497 e. The van der Waals surface area contributed by atoms with E-state index in [-0.39, 0.29) is 31.7 Å². The van der Waals surface area contributed by atoms with Crippen molar-refractivity contribution in [2.45, 2.75) is 119 Å². The van der Waals surface area contributed by atoms with Crippen LogP contribution in [0.25, 0.3) is 11.0 Å². The van der Waals surface area contributed by atoms with E-state index in [2.05, 4.69) is 30.1 Å². The smallest absolute Gasteiger partial charge is 0.425 e. The first kappa shape index (κ1) is 40.0. The number of halogens is 3. The summed E-state index contributed by atoms with van der Waals surface area (Å²) < 4.78 is 83.0. The van der Waals surface area contributed by atoms with E-state index in [1.165, 1.54) is 14.0 Å². The van der Waals surface area contributed by atoms with Crippen LogP contribution in [0.5, 0.6) is 11.6 Å². The standard InChI is InChI=1S/C36H45F3N6O9S/c1-20-30(41-27-16-23(52-4)12-13-25(27)40-20)54-24-17-28-29(46)43-35(32(48)44-55(50,51)34(3)14-15-34)18-22(35)10-8-6-5-7-9-11-26(31(47)45(28)19-24)42-33(49)53-21(2)36(37,38)39/h8,10,12-13,16,21-22,24,26,28H,5-7,9,11,14-15,17-19H2,1-4H3,(H,42,49)(H,43,46)(H,44,48)/b10-8-/t21-,22?,24+,26-,28-,35+/m0/s1. The van der Waals surface area contributed by atoms with E-state index in [4.69, 9.17) is 9.47 Å². The lowest BCUT2D eigenvalue weighted by molar-refractivity contribution is -0.197. The number of hydrogen-bond donors (Lipinski definition) is 3. The van der Waals surface area contributed by atoms with Crippen LogP contribution in [0.2, 0.25) is 0 Å². The number of alkyl carbamates (subject to hydrolysis) is 1. The van der Waals surface area contributed by atoms with Gasteiger partial charge in [-0.3, -0.25) is 19.1 Å².